The lowest BCUT2D eigenvalue weighted by Gasteiger charge is -2.19. The summed E-state index contributed by atoms with van der Waals surface area (Å²) in [4.78, 5) is 38.0. The summed E-state index contributed by atoms with van der Waals surface area (Å²) in [6.07, 6.45) is 9.21. The van der Waals surface area contributed by atoms with Crippen molar-refractivity contribution in [3.8, 4) is 28.4 Å². The minimum Gasteiger partial charge on any atom is -0.493 e. The van der Waals surface area contributed by atoms with Crippen LogP contribution in [0.25, 0.3) is 11.1 Å². The first-order valence-corrected chi connectivity index (χ1v) is 14.7. The average Bonchev–Trinajstić information content (AvgIpc) is 3.36. The predicted molar refractivity (Wildman–Crippen MR) is 160 cm³/mol. The van der Waals surface area contributed by atoms with Gasteiger partial charge in [-0.05, 0) is 67.0 Å². The average molecular weight is 566 g/mol. The second kappa shape index (κ2) is 14.2. The Morgan fingerprint density at radius 3 is 2.29 bits per heavy atom. The van der Waals surface area contributed by atoms with Crippen molar-refractivity contribution in [3.05, 3.63) is 45.6 Å². The lowest BCUT2D eigenvalue weighted by Crippen LogP contribution is -2.34. The highest BCUT2D eigenvalue weighted by Gasteiger charge is 2.29. The number of amides is 2. The van der Waals surface area contributed by atoms with Gasteiger partial charge in [0.1, 0.15) is 0 Å². The van der Waals surface area contributed by atoms with Gasteiger partial charge in [0.2, 0.25) is 23.0 Å². The highest BCUT2D eigenvalue weighted by Crippen LogP contribution is 2.50. The zero-order chi connectivity index (χ0) is 29.4. The van der Waals surface area contributed by atoms with E-state index in [4.69, 9.17) is 14.2 Å². The van der Waals surface area contributed by atoms with Gasteiger partial charge in [0, 0.05) is 31.5 Å². The molecule has 0 aliphatic heterocycles. The van der Waals surface area contributed by atoms with Gasteiger partial charge in [-0.2, -0.15) is 0 Å². The monoisotopic (exact) mass is 565 g/mol. The van der Waals surface area contributed by atoms with Crippen molar-refractivity contribution >= 4 is 17.5 Å². The van der Waals surface area contributed by atoms with Crippen LogP contribution in [0.4, 0.5) is 5.69 Å². The maximum absolute atomic E-state index is 13.4. The van der Waals surface area contributed by atoms with Crippen LogP contribution in [0.1, 0.15) is 81.9 Å². The molecule has 2 aromatic rings. The molecule has 41 heavy (non-hydrogen) atoms. The van der Waals surface area contributed by atoms with E-state index in [0.717, 1.165) is 29.5 Å². The largest absolute Gasteiger partial charge is 0.493 e. The number of carbonyl (C=O) groups excluding carboxylic acids is 2. The Bertz CT molecular complexity index is 1300. The second-order valence-corrected chi connectivity index (χ2v) is 10.9. The number of anilines is 1. The molecule has 1 fully saturated rings. The molecule has 9 heteroatoms. The van der Waals surface area contributed by atoms with Crippen molar-refractivity contribution in [2.45, 2.75) is 83.2 Å². The van der Waals surface area contributed by atoms with E-state index in [9.17, 15) is 14.4 Å². The molecule has 0 radical (unpaired) electrons. The smallest absolute Gasteiger partial charge is 0.220 e. The van der Waals surface area contributed by atoms with E-state index >= 15 is 0 Å². The molecule has 0 aromatic heterocycles. The summed E-state index contributed by atoms with van der Waals surface area (Å²) in [6, 6.07) is 7.11. The topological polar surface area (TPSA) is 115 Å². The van der Waals surface area contributed by atoms with Gasteiger partial charge < -0.3 is 30.2 Å². The third-order valence-corrected chi connectivity index (χ3v) is 8.03. The molecule has 0 bridgehead atoms. The quantitative estimate of drug-likeness (QED) is 0.277. The minimum atomic E-state index is -0.364. The first-order chi connectivity index (χ1) is 19.9. The zero-order valence-electron chi connectivity index (χ0n) is 24.7. The molecular formula is C32H43N3O6. The lowest BCUT2D eigenvalue weighted by atomic mass is 9.95. The number of methoxy groups -OCH3 is 3. The maximum Gasteiger partial charge on any atom is 0.220 e. The standard InChI is InChI=1S/C32H43N3O6/c1-20(36)34-25-15-13-21-18-28(39-2)31(40-3)32(41-4)30(21)23-14-16-26(27(37)19-24(23)25)33-17-9-12-29(38)35-22-10-7-5-6-8-11-22/h14,16,18-19,22,25H,5-13,15,17H2,1-4H3,(H,33,37)(H,34,36)(H,35,38). The lowest BCUT2D eigenvalue weighted by molar-refractivity contribution is -0.122. The van der Waals surface area contributed by atoms with Gasteiger partial charge in [0.05, 0.1) is 33.1 Å². The van der Waals surface area contributed by atoms with Crippen molar-refractivity contribution in [2.24, 2.45) is 0 Å². The molecule has 2 aromatic carbocycles. The Kier molecular flexibility index (Phi) is 10.5. The molecule has 1 unspecified atom stereocenters. The van der Waals surface area contributed by atoms with Crippen LogP contribution in [0.3, 0.4) is 0 Å². The third-order valence-electron chi connectivity index (χ3n) is 8.03. The molecule has 222 valence electrons. The molecule has 1 saturated carbocycles. The van der Waals surface area contributed by atoms with Crippen molar-refractivity contribution in [3.63, 3.8) is 0 Å². The van der Waals surface area contributed by atoms with Crippen LogP contribution in [0.5, 0.6) is 17.2 Å². The molecule has 2 aliphatic carbocycles. The minimum absolute atomic E-state index is 0.0672. The number of hydrogen-bond acceptors (Lipinski definition) is 7. The van der Waals surface area contributed by atoms with Crippen LogP contribution in [-0.4, -0.2) is 45.7 Å². The van der Waals surface area contributed by atoms with Gasteiger partial charge in [-0.1, -0.05) is 31.7 Å². The molecule has 2 amide bonds. The third kappa shape index (κ3) is 7.31. The number of aryl methyl sites for hydroxylation is 1. The Morgan fingerprint density at radius 1 is 0.902 bits per heavy atom. The molecule has 0 saturated heterocycles. The number of carbonyl (C=O) groups is 2. The molecule has 0 heterocycles. The Hall–Kier alpha value is -3.75. The first kappa shape index (κ1) is 30.2. The number of ether oxygens (including phenoxy) is 3. The highest BCUT2D eigenvalue weighted by molar-refractivity contribution is 5.83. The summed E-state index contributed by atoms with van der Waals surface area (Å²) >= 11 is 0. The Labute approximate surface area is 242 Å². The van der Waals surface area contributed by atoms with Gasteiger partial charge in [-0.15, -0.1) is 0 Å². The van der Waals surface area contributed by atoms with Crippen LogP contribution in [0.2, 0.25) is 0 Å². The zero-order valence-corrected chi connectivity index (χ0v) is 24.7. The fourth-order valence-electron chi connectivity index (χ4n) is 6.05. The number of fused-ring (bicyclic) bond motifs is 3. The van der Waals surface area contributed by atoms with Crippen molar-refractivity contribution in [1.82, 2.24) is 10.6 Å². The number of rotatable bonds is 10. The summed E-state index contributed by atoms with van der Waals surface area (Å²) in [5.74, 6) is 1.43. The molecule has 1 atom stereocenters. The predicted octanol–water partition coefficient (Wildman–Crippen LogP) is 4.89. The first-order valence-electron chi connectivity index (χ1n) is 14.7. The maximum atomic E-state index is 13.4. The number of benzene rings is 1. The Balaban J connectivity index is 1.60. The van der Waals surface area contributed by atoms with Crippen molar-refractivity contribution in [2.75, 3.05) is 33.2 Å². The van der Waals surface area contributed by atoms with Crippen molar-refractivity contribution < 1.29 is 23.8 Å². The fourth-order valence-corrected chi connectivity index (χ4v) is 6.05. The number of hydrogen-bond donors (Lipinski definition) is 3. The van der Waals surface area contributed by atoms with Crippen LogP contribution in [-0.2, 0) is 16.0 Å². The van der Waals surface area contributed by atoms with Crippen LogP contribution >= 0.6 is 0 Å². The van der Waals surface area contributed by atoms with E-state index in [1.165, 1.54) is 32.6 Å². The molecule has 9 nitrogen and oxygen atoms in total. The summed E-state index contributed by atoms with van der Waals surface area (Å²) in [5, 5.41) is 9.44. The van der Waals surface area contributed by atoms with Gasteiger partial charge in [0.25, 0.3) is 0 Å². The number of nitrogens with one attached hydrogen (secondary N) is 3. The fraction of sp³-hybridized carbons (Fsp3) is 0.531. The van der Waals surface area contributed by atoms with Gasteiger partial charge in [-0.3, -0.25) is 14.4 Å². The molecule has 4 rings (SSSR count). The van der Waals surface area contributed by atoms with E-state index in [1.807, 2.05) is 12.1 Å². The molecular weight excluding hydrogens is 522 g/mol. The van der Waals surface area contributed by atoms with E-state index in [-0.39, 0.29) is 29.3 Å². The van der Waals surface area contributed by atoms with Gasteiger partial charge in [0.15, 0.2) is 11.5 Å². The van der Waals surface area contributed by atoms with Gasteiger partial charge >= 0.3 is 0 Å². The summed E-state index contributed by atoms with van der Waals surface area (Å²) in [5.41, 5.74) is 3.52. The van der Waals surface area contributed by atoms with Crippen LogP contribution < -0.4 is 35.6 Å². The van der Waals surface area contributed by atoms with Crippen molar-refractivity contribution in [1.29, 1.82) is 0 Å². The van der Waals surface area contributed by atoms with Crippen LogP contribution in [0, 0.1) is 0 Å². The van der Waals surface area contributed by atoms with Crippen LogP contribution in [0.15, 0.2) is 29.1 Å². The highest BCUT2D eigenvalue weighted by atomic mass is 16.5. The summed E-state index contributed by atoms with van der Waals surface area (Å²) in [7, 11) is 4.72. The van der Waals surface area contributed by atoms with E-state index in [1.54, 1.807) is 33.5 Å². The molecule has 3 N–H and O–H groups in total. The SMILES string of the molecule is COc1cc2c(c(OC)c1OC)-c1ccc(NCCCC(=O)NC3CCCCCC3)c(=O)cc1C(NC(C)=O)CC2. The molecule has 0 spiro atoms. The van der Waals surface area contributed by atoms with E-state index < -0.39 is 0 Å². The van der Waals surface area contributed by atoms with E-state index in [0.29, 0.717) is 60.7 Å². The normalized spacial score (nSPS) is 16.7. The molecule has 2 aliphatic rings. The Morgan fingerprint density at radius 2 is 1.63 bits per heavy atom. The van der Waals surface area contributed by atoms with E-state index in [2.05, 4.69) is 16.0 Å². The second-order valence-electron chi connectivity index (χ2n) is 10.9. The summed E-state index contributed by atoms with van der Waals surface area (Å²) in [6.45, 7) is 1.96. The van der Waals surface area contributed by atoms with Gasteiger partial charge in [-0.25, -0.2) is 0 Å². The summed E-state index contributed by atoms with van der Waals surface area (Å²) < 4.78 is 17.1.